The minimum absolute atomic E-state index is 0.322. The summed E-state index contributed by atoms with van der Waals surface area (Å²) in [6.07, 6.45) is 5.67. The topological polar surface area (TPSA) is 35.5 Å². The molecule has 3 heteroatoms. The summed E-state index contributed by atoms with van der Waals surface area (Å²) in [5, 5.41) is 0. The normalized spacial score (nSPS) is 13.1. The first-order valence-corrected chi connectivity index (χ1v) is 7.14. The molecule has 0 radical (unpaired) electrons. The highest BCUT2D eigenvalue weighted by atomic mass is 16.7. The number of rotatable bonds is 8. The molecule has 0 N–H and O–H groups in total. The number of ether oxygens (including phenoxy) is 2. The first kappa shape index (κ1) is 16.4. The number of esters is 1. The van der Waals surface area contributed by atoms with Crippen molar-refractivity contribution >= 4 is 5.97 Å². The zero-order valence-corrected chi connectivity index (χ0v) is 12.6. The van der Waals surface area contributed by atoms with E-state index in [0.717, 1.165) is 18.4 Å². The number of carbonyl (C=O) groups excluding carboxylic acids is 1. The lowest BCUT2D eigenvalue weighted by Crippen LogP contribution is -2.13. The first-order chi connectivity index (χ1) is 9.69. The summed E-state index contributed by atoms with van der Waals surface area (Å²) in [4.78, 5) is 12.0. The lowest BCUT2D eigenvalue weighted by molar-refractivity contribution is -0.170. The molecule has 0 bridgehead atoms. The van der Waals surface area contributed by atoms with Gasteiger partial charge in [-0.25, -0.2) is 4.79 Å². The number of hydrogen-bond donors (Lipinski definition) is 0. The minimum Gasteiger partial charge on any atom is -0.428 e. The van der Waals surface area contributed by atoms with E-state index in [1.165, 1.54) is 20.0 Å². The van der Waals surface area contributed by atoms with Crippen LogP contribution in [0.2, 0.25) is 0 Å². The summed E-state index contributed by atoms with van der Waals surface area (Å²) >= 11 is 0. The Morgan fingerprint density at radius 1 is 1.25 bits per heavy atom. The van der Waals surface area contributed by atoms with Crippen LogP contribution in [0, 0.1) is 0 Å². The fourth-order valence-electron chi connectivity index (χ4n) is 1.85. The quantitative estimate of drug-likeness (QED) is 0.305. The van der Waals surface area contributed by atoms with Crippen LogP contribution in [-0.2, 0) is 14.3 Å². The molecule has 0 aliphatic carbocycles. The van der Waals surface area contributed by atoms with Gasteiger partial charge >= 0.3 is 5.97 Å². The second kappa shape index (κ2) is 9.32. The predicted molar refractivity (Wildman–Crippen MR) is 80.2 cm³/mol. The lowest BCUT2D eigenvalue weighted by Gasteiger charge is -2.16. The molecule has 0 saturated heterocycles. The number of hydrogen-bond acceptors (Lipinski definition) is 3. The first-order valence-electron chi connectivity index (χ1n) is 7.14. The molecule has 3 nitrogen and oxygen atoms in total. The Labute approximate surface area is 121 Å². The van der Waals surface area contributed by atoms with Crippen molar-refractivity contribution in [1.82, 2.24) is 0 Å². The van der Waals surface area contributed by atoms with Crippen LogP contribution in [0.5, 0.6) is 0 Å². The molecule has 1 aromatic carbocycles. The van der Waals surface area contributed by atoms with Gasteiger partial charge in [-0.3, -0.25) is 0 Å². The molecular weight excluding hydrogens is 252 g/mol. The van der Waals surface area contributed by atoms with Gasteiger partial charge in [-0.15, -0.1) is 0 Å². The molecule has 0 saturated carbocycles. The number of benzene rings is 1. The SMILES string of the molecule is CCCCCC=C(C)C(=O)OC(OC)c1ccccc1. The summed E-state index contributed by atoms with van der Waals surface area (Å²) in [7, 11) is 1.53. The Hall–Kier alpha value is -1.61. The fourth-order valence-corrected chi connectivity index (χ4v) is 1.85. The maximum absolute atomic E-state index is 12.0. The molecule has 0 fully saturated rings. The highest BCUT2D eigenvalue weighted by Gasteiger charge is 2.16. The smallest absolute Gasteiger partial charge is 0.335 e. The maximum Gasteiger partial charge on any atom is 0.335 e. The van der Waals surface area contributed by atoms with Crippen LogP contribution in [0.25, 0.3) is 0 Å². The molecule has 1 atom stereocenters. The van der Waals surface area contributed by atoms with Crippen LogP contribution in [-0.4, -0.2) is 13.1 Å². The Kier molecular flexibility index (Phi) is 7.66. The number of unbranched alkanes of at least 4 members (excludes halogenated alkanes) is 3. The molecule has 110 valence electrons. The van der Waals surface area contributed by atoms with E-state index in [-0.39, 0.29) is 5.97 Å². The lowest BCUT2D eigenvalue weighted by atomic mass is 10.1. The van der Waals surface area contributed by atoms with Gasteiger partial charge < -0.3 is 9.47 Å². The zero-order chi connectivity index (χ0) is 14.8. The van der Waals surface area contributed by atoms with Crippen molar-refractivity contribution in [2.75, 3.05) is 7.11 Å². The standard InChI is InChI=1S/C17H24O3/c1-4-5-6-8-11-14(2)16(18)20-17(19-3)15-12-9-7-10-13-15/h7,9-13,17H,4-6,8H2,1-3H3. The zero-order valence-electron chi connectivity index (χ0n) is 12.6. The van der Waals surface area contributed by atoms with Crippen LogP contribution in [0.4, 0.5) is 0 Å². The summed E-state index contributed by atoms with van der Waals surface area (Å²) < 4.78 is 10.6. The molecule has 0 aliphatic rings. The van der Waals surface area contributed by atoms with E-state index < -0.39 is 6.29 Å². The summed E-state index contributed by atoms with van der Waals surface area (Å²) in [6, 6.07) is 9.45. The largest absolute Gasteiger partial charge is 0.428 e. The second-order valence-corrected chi connectivity index (χ2v) is 4.77. The van der Waals surface area contributed by atoms with Crippen LogP contribution >= 0.6 is 0 Å². The van der Waals surface area contributed by atoms with Crippen LogP contribution in [0.1, 0.15) is 51.4 Å². The van der Waals surface area contributed by atoms with Crippen LogP contribution < -0.4 is 0 Å². The number of methoxy groups -OCH3 is 1. The van der Waals surface area contributed by atoms with E-state index in [9.17, 15) is 4.79 Å². The average Bonchev–Trinajstić information content (AvgIpc) is 2.49. The van der Waals surface area contributed by atoms with E-state index in [2.05, 4.69) is 6.92 Å². The van der Waals surface area contributed by atoms with E-state index in [4.69, 9.17) is 9.47 Å². The van der Waals surface area contributed by atoms with Gasteiger partial charge in [0.1, 0.15) is 0 Å². The molecule has 0 heterocycles. The van der Waals surface area contributed by atoms with Gasteiger partial charge in [0, 0.05) is 18.2 Å². The number of allylic oxidation sites excluding steroid dienone is 1. The Bertz CT molecular complexity index is 423. The van der Waals surface area contributed by atoms with E-state index >= 15 is 0 Å². The monoisotopic (exact) mass is 276 g/mol. The molecule has 0 spiro atoms. The van der Waals surface area contributed by atoms with Crippen molar-refractivity contribution in [2.24, 2.45) is 0 Å². The van der Waals surface area contributed by atoms with Gasteiger partial charge in [0.15, 0.2) is 0 Å². The fraction of sp³-hybridized carbons (Fsp3) is 0.471. The van der Waals surface area contributed by atoms with E-state index in [1.807, 2.05) is 36.4 Å². The van der Waals surface area contributed by atoms with Gasteiger partial charge in [0.25, 0.3) is 0 Å². The second-order valence-electron chi connectivity index (χ2n) is 4.77. The molecule has 0 amide bonds. The number of carbonyl (C=O) groups is 1. The van der Waals surface area contributed by atoms with E-state index in [1.54, 1.807) is 6.92 Å². The third-order valence-corrected chi connectivity index (χ3v) is 3.08. The molecular formula is C17H24O3. The van der Waals surface area contributed by atoms with Crippen molar-refractivity contribution in [3.8, 4) is 0 Å². The van der Waals surface area contributed by atoms with Crippen molar-refractivity contribution in [3.63, 3.8) is 0 Å². The van der Waals surface area contributed by atoms with Crippen LogP contribution in [0.3, 0.4) is 0 Å². The molecule has 20 heavy (non-hydrogen) atoms. The average molecular weight is 276 g/mol. The van der Waals surface area contributed by atoms with Crippen LogP contribution in [0.15, 0.2) is 42.0 Å². The summed E-state index contributed by atoms with van der Waals surface area (Å²) in [6.45, 7) is 3.94. The highest BCUT2D eigenvalue weighted by molar-refractivity contribution is 5.87. The van der Waals surface area contributed by atoms with Crippen molar-refractivity contribution in [1.29, 1.82) is 0 Å². The van der Waals surface area contributed by atoms with Gasteiger partial charge in [-0.1, -0.05) is 56.2 Å². The van der Waals surface area contributed by atoms with E-state index in [0.29, 0.717) is 5.57 Å². The summed E-state index contributed by atoms with van der Waals surface area (Å²) in [5.41, 5.74) is 1.47. The molecule has 0 aliphatic heterocycles. The minimum atomic E-state index is -0.650. The third kappa shape index (κ3) is 5.57. The highest BCUT2D eigenvalue weighted by Crippen LogP contribution is 2.19. The van der Waals surface area contributed by atoms with Crippen molar-refractivity contribution in [3.05, 3.63) is 47.5 Å². The van der Waals surface area contributed by atoms with Crippen molar-refractivity contribution < 1.29 is 14.3 Å². The molecule has 1 aromatic rings. The van der Waals surface area contributed by atoms with Gasteiger partial charge in [-0.2, -0.15) is 0 Å². The molecule has 0 aromatic heterocycles. The van der Waals surface area contributed by atoms with Gasteiger partial charge in [0.2, 0.25) is 6.29 Å². The van der Waals surface area contributed by atoms with Gasteiger partial charge in [0.05, 0.1) is 0 Å². The Balaban J connectivity index is 2.55. The molecule has 1 unspecified atom stereocenters. The van der Waals surface area contributed by atoms with Crippen molar-refractivity contribution in [2.45, 2.75) is 45.8 Å². The Morgan fingerprint density at radius 2 is 1.95 bits per heavy atom. The summed E-state index contributed by atoms with van der Waals surface area (Å²) in [5.74, 6) is -0.322. The third-order valence-electron chi connectivity index (χ3n) is 3.08. The Morgan fingerprint density at radius 3 is 2.55 bits per heavy atom. The van der Waals surface area contributed by atoms with Gasteiger partial charge in [-0.05, 0) is 19.8 Å². The molecule has 1 rings (SSSR count). The predicted octanol–water partition coefficient (Wildman–Crippen LogP) is 4.40. The maximum atomic E-state index is 12.0.